The average Bonchev–Trinajstić information content (AvgIpc) is 2.88. The Morgan fingerprint density at radius 2 is 1.91 bits per heavy atom. The molecule has 0 aliphatic rings. The minimum absolute atomic E-state index is 0.143. The summed E-state index contributed by atoms with van der Waals surface area (Å²) in [6, 6.07) is 0.765. The van der Waals surface area contributed by atoms with Crippen LogP contribution in [-0.2, 0) is 16.0 Å². The van der Waals surface area contributed by atoms with Crippen LogP contribution in [0.5, 0.6) is 0 Å². The number of hydrogen-bond donors (Lipinski definition) is 3. The minimum Gasteiger partial charge on any atom is -0.480 e. The first-order valence-electron chi connectivity index (χ1n) is 7.74. The van der Waals surface area contributed by atoms with Gasteiger partial charge in [0, 0.05) is 11.3 Å². The van der Waals surface area contributed by atoms with Crippen molar-refractivity contribution in [2.24, 2.45) is 5.92 Å². The molecule has 0 radical (unpaired) electrons. The van der Waals surface area contributed by atoms with Crippen LogP contribution in [-0.4, -0.2) is 28.9 Å². The lowest BCUT2D eigenvalue weighted by Gasteiger charge is -2.16. The van der Waals surface area contributed by atoms with Gasteiger partial charge < -0.3 is 15.7 Å². The summed E-state index contributed by atoms with van der Waals surface area (Å²) >= 11 is 1.34. The van der Waals surface area contributed by atoms with Crippen molar-refractivity contribution >= 4 is 34.1 Å². The fraction of sp³-hybridized carbons (Fsp3) is 0.562. The van der Waals surface area contributed by atoms with Crippen LogP contribution >= 0.6 is 11.3 Å². The summed E-state index contributed by atoms with van der Waals surface area (Å²) in [6.07, 6.45) is 1.40. The Kier molecular flexibility index (Phi) is 7.22. The van der Waals surface area contributed by atoms with Gasteiger partial charge in [-0.25, -0.2) is 4.79 Å². The maximum atomic E-state index is 12.4. The van der Waals surface area contributed by atoms with Crippen LogP contribution in [0.3, 0.4) is 0 Å². The number of anilines is 1. The van der Waals surface area contributed by atoms with Gasteiger partial charge in [-0.15, -0.1) is 11.3 Å². The number of aliphatic carboxylic acids is 1. The van der Waals surface area contributed by atoms with Gasteiger partial charge in [-0.2, -0.15) is 0 Å². The van der Waals surface area contributed by atoms with Crippen molar-refractivity contribution in [1.82, 2.24) is 5.32 Å². The molecule has 1 aromatic heterocycles. The summed E-state index contributed by atoms with van der Waals surface area (Å²) in [4.78, 5) is 36.3. The average molecular weight is 340 g/mol. The standard InChI is InChI=1S/C16H24N2O4S/c1-5-10-8-11(15(23-10)18-13(19)6-2)14(20)17-12(16(21)22)7-9(3)4/h8-9,12H,5-7H2,1-4H3,(H,17,20)(H,18,19)(H,21,22). The fourth-order valence-electron chi connectivity index (χ4n) is 2.02. The molecule has 0 aliphatic carbocycles. The van der Waals surface area contributed by atoms with Crippen LogP contribution in [0.2, 0.25) is 0 Å². The molecule has 0 aromatic carbocycles. The van der Waals surface area contributed by atoms with Crippen molar-refractivity contribution in [3.8, 4) is 0 Å². The molecule has 1 rings (SSSR count). The minimum atomic E-state index is -1.06. The van der Waals surface area contributed by atoms with Gasteiger partial charge in [-0.05, 0) is 24.8 Å². The van der Waals surface area contributed by atoms with E-state index in [9.17, 15) is 19.5 Å². The molecule has 23 heavy (non-hydrogen) atoms. The zero-order valence-electron chi connectivity index (χ0n) is 13.9. The molecule has 2 amide bonds. The molecule has 128 valence electrons. The lowest BCUT2D eigenvalue weighted by atomic mass is 10.0. The SMILES string of the molecule is CCC(=O)Nc1sc(CC)cc1C(=O)NC(CC(C)C)C(=O)O. The van der Waals surface area contributed by atoms with Crippen molar-refractivity contribution < 1.29 is 19.5 Å². The van der Waals surface area contributed by atoms with Gasteiger partial charge >= 0.3 is 5.97 Å². The first-order chi connectivity index (χ1) is 10.8. The second kappa shape index (κ2) is 8.67. The Morgan fingerprint density at radius 3 is 2.39 bits per heavy atom. The Balaban J connectivity index is 2.98. The summed E-state index contributed by atoms with van der Waals surface area (Å²) in [5.74, 6) is -1.57. The monoisotopic (exact) mass is 340 g/mol. The van der Waals surface area contributed by atoms with Crippen molar-refractivity contribution in [1.29, 1.82) is 0 Å². The molecule has 1 unspecified atom stereocenters. The Hall–Kier alpha value is -1.89. The zero-order chi connectivity index (χ0) is 17.6. The van der Waals surface area contributed by atoms with E-state index in [1.165, 1.54) is 11.3 Å². The summed E-state index contributed by atoms with van der Waals surface area (Å²) in [7, 11) is 0. The largest absolute Gasteiger partial charge is 0.480 e. The number of carbonyl (C=O) groups is 3. The molecule has 1 atom stereocenters. The van der Waals surface area contributed by atoms with E-state index in [-0.39, 0.29) is 11.8 Å². The number of amides is 2. The highest BCUT2D eigenvalue weighted by Gasteiger charge is 2.24. The Bertz CT molecular complexity index is 581. The Morgan fingerprint density at radius 1 is 1.26 bits per heavy atom. The van der Waals surface area contributed by atoms with Gasteiger partial charge in [0.05, 0.1) is 5.56 Å². The topological polar surface area (TPSA) is 95.5 Å². The predicted molar refractivity (Wildman–Crippen MR) is 91.0 cm³/mol. The molecule has 6 nitrogen and oxygen atoms in total. The van der Waals surface area contributed by atoms with E-state index in [0.29, 0.717) is 23.4 Å². The van der Waals surface area contributed by atoms with Crippen LogP contribution in [0.25, 0.3) is 0 Å². The summed E-state index contributed by atoms with van der Waals surface area (Å²) < 4.78 is 0. The van der Waals surface area contributed by atoms with E-state index in [2.05, 4.69) is 10.6 Å². The molecule has 0 saturated carbocycles. The highest BCUT2D eigenvalue weighted by molar-refractivity contribution is 7.16. The van der Waals surface area contributed by atoms with Crippen LogP contribution in [0, 0.1) is 5.92 Å². The van der Waals surface area contributed by atoms with Crippen LogP contribution in [0.4, 0.5) is 5.00 Å². The van der Waals surface area contributed by atoms with Crippen LogP contribution in [0.1, 0.15) is 55.8 Å². The van der Waals surface area contributed by atoms with E-state index < -0.39 is 17.9 Å². The van der Waals surface area contributed by atoms with Crippen molar-refractivity contribution in [3.63, 3.8) is 0 Å². The number of aryl methyl sites for hydroxylation is 1. The van der Waals surface area contributed by atoms with E-state index in [1.54, 1.807) is 13.0 Å². The van der Waals surface area contributed by atoms with Gasteiger partial charge in [-0.3, -0.25) is 9.59 Å². The number of carboxylic acids is 1. The van der Waals surface area contributed by atoms with Crippen LogP contribution < -0.4 is 10.6 Å². The molecule has 1 aromatic rings. The van der Waals surface area contributed by atoms with Gasteiger partial charge in [0.2, 0.25) is 5.91 Å². The van der Waals surface area contributed by atoms with Crippen molar-refractivity contribution in [2.75, 3.05) is 5.32 Å². The third-order valence-corrected chi connectivity index (χ3v) is 4.46. The number of rotatable bonds is 8. The van der Waals surface area contributed by atoms with Crippen molar-refractivity contribution in [2.45, 2.75) is 53.0 Å². The van der Waals surface area contributed by atoms with Gasteiger partial charge in [-0.1, -0.05) is 27.7 Å². The molecule has 0 bridgehead atoms. The number of carbonyl (C=O) groups excluding carboxylic acids is 2. The molecular weight excluding hydrogens is 316 g/mol. The second-order valence-corrected chi connectivity index (χ2v) is 6.84. The lowest BCUT2D eigenvalue weighted by molar-refractivity contribution is -0.139. The normalized spacial score (nSPS) is 12.0. The van der Waals surface area contributed by atoms with E-state index >= 15 is 0 Å². The lowest BCUT2D eigenvalue weighted by Crippen LogP contribution is -2.41. The third-order valence-electron chi connectivity index (χ3n) is 3.26. The molecule has 0 fully saturated rings. The molecule has 1 heterocycles. The van der Waals surface area contributed by atoms with Gasteiger partial charge in [0.1, 0.15) is 11.0 Å². The molecule has 7 heteroatoms. The molecule has 3 N–H and O–H groups in total. The van der Waals surface area contributed by atoms with E-state index in [0.717, 1.165) is 11.3 Å². The van der Waals surface area contributed by atoms with Gasteiger partial charge in [0.25, 0.3) is 5.91 Å². The van der Waals surface area contributed by atoms with Crippen molar-refractivity contribution in [3.05, 3.63) is 16.5 Å². The number of thiophene rings is 1. The maximum Gasteiger partial charge on any atom is 0.326 e. The second-order valence-electron chi connectivity index (χ2n) is 5.70. The fourth-order valence-corrected chi connectivity index (χ4v) is 3.03. The summed E-state index contributed by atoms with van der Waals surface area (Å²) in [5.41, 5.74) is 0.323. The van der Waals surface area contributed by atoms with E-state index in [1.807, 2.05) is 20.8 Å². The molecule has 0 saturated heterocycles. The maximum absolute atomic E-state index is 12.4. The highest BCUT2D eigenvalue weighted by atomic mass is 32.1. The number of hydrogen-bond acceptors (Lipinski definition) is 4. The summed E-state index contributed by atoms with van der Waals surface area (Å²) in [5, 5.41) is 15.0. The smallest absolute Gasteiger partial charge is 0.326 e. The first kappa shape index (κ1) is 19.2. The van der Waals surface area contributed by atoms with E-state index in [4.69, 9.17) is 0 Å². The first-order valence-corrected chi connectivity index (χ1v) is 8.56. The zero-order valence-corrected chi connectivity index (χ0v) is 14.8. The third kappa shape index (κ3) is 5.67. The molecular formula is C16H24N2O4S. The summed E-state index contributed by atoms with van der Waals surface area (Å²) in [6.45, 7) is 7.48. The van der Waals surface area contributed by atoms with Gasteiger partial charge in [0.15, 0.2) is 0 Å². The molecule has 0 aliphatic heterocycles. The molecule has 0 spiro atoms. The van der Waals surface area contributed by atoms with Crippen LogP contribution in [0.15, 0.2) is 6.07 Å². The predicted octanol–water partition coefficient (Wildman–Crippen LogP) is 2.89. The number of carboxylic acid groups (broad SMARTS) is 1. The highest BCUT2D eigenvalue weighted by Crippen LogP contribution is 2.29. The quantitative estimate of drug-likeness (QED) is 0.678. The number of nitrogens with one attached hydrogen (secondary N) is 2. The Labute approximate surface area is 140 Å².